The number of ether oxygens (including phenoxy) is 2. The number of hydrogen-bond donors (Lipinski definition) is 0. The van der Waals surface area contributed by atoms with Crippen molar-refractivity contribution in [2.45, 2.75) is 0 Å². The first kappa shape index (κ1) is 8.67. The van der Waals surface area contributed by atoms with E-state index in [9.17, 15) is 0 Å². The van der Waals surface area contributed by atoms with Crippen LogP contribution < -0.4 is 9.47 Å². The molecule has 0 amide bonds. The van der Waals surface area contributed by atoms with E-state index in [0.717, 1.165) is 16.8 Å². The van der Waals surface area contributed by atoms with Crippen LogP contribution in [-0.2, 0) is 0 Å². The van der Waals surface area contributed by atoms with E-state index in [0.29, 0.717) is 5.75 Å². The number of rotatable bonds is 1. The molecule has 2 heterocycles. The van der Waals surface area contributed by atoms with Gasteiger partial charge in [0.05, 0.1) is 11.0 Å². The molecule has 0 bridgehead atoms. The van der Waals surface area contributed by atoms with Crippen LogP contribution in [0.4, 0.5) is 0 Å². The zero-order valence-corrected chi connectivity index (χ0v) is 8.82. The Balaban J connectivity index is 2.26. The quantitative estimate of drug-likeness (QED) is 0.739. The SMILES string of the molecule is CSn1cnc2cc3c(cc21)OC=CO3. The minimum atomic E-state index is 0.705. The van der Waals surface area contributed by atoms with Gasteiger partial charge in [-0.2, -0.15) is 0 Å². The minimum absolute atomic E-state index is 0.705. The highest BCUT2D eigenvalue weighted by atomic mass is 32.2. The summed E-state index contributed by atoms with van der Waals surface area (Å²) in [6.45, 7) is 0. The molecule has 2 aromatic rings. The molecular weight excluding hydrogens is 212 g/mol. The van der Waals surface area contributed by atoms with E-state index in [4.69, 9.17) is 9.47 Å². The average Bonchev–Trinajstić information content (AvgIpc) is 2.68. The van der Waals surface area contributed by atoms with Crippen LogP contribution in [0.2, 0.25) is 0 Å². The molecule has 5 heteroatoms. The van der Waals surface area contributed by atoms with Crippen molar-refractivity contribution in [2.24, 2.45) is 0 Å². The van der Waals surface area contributed by atoms with E-state index in [1.807, 2.05) is 22.4 Å². The topological polar surface area (TPSA) is 36.3 Å². The Morgan fingerprint density at radius 1 is 1.20 bits per heavy atom. The first-order valence-electron chi connectivity index (χ1n) is 4.42. The molecule has 1 aromatic carbocycles. The molecule has 1 aromatic heterocycles. The maximum atomic E-state index is 5.34. The van der Waals surface area contributed by atoms with Gasteiger partial charge in [0.1, 0.15) is 18.9 Å². The lowest BCUT2D eigenvalue weighted by atomic mass is 10.2. The lowest BCUT2D eigenvalue weighted by Crippen LogP contribution is -1.96. The van der Waals surface area contributed by atoms with Gasteiger partial charge in [0.2, 0.25) is 0 Å². The standard InChI is InChI=1S/C10H8N2O2S/c1-15-12-6-11-7-4-9-10(5-8(7)12)14-3-2-13-9/h2-6H,1H3. The molecule has 0 N–H and O–H groups in total. The summed E-state index contributed by atoms with van der Waals surface area (Å²) < 4.78 is 12.6. The van der Waals surface area contributed by atoms with Crippen molar-refractivity contribution < 1.29 is 9.47 Å². The fourth-order valence-corrected chi connectivity index (χ4v) is 2.01. The van der Waals surface area contributed by atoms with Crippen LogP contribution in [0.3, 0.4) is 0 Å². The van der Waals surface area contributed by atoms with Gasteiger partial charge in [-0.1, -0.05) is 0 Å². The first-order chi connectivity index (χ1) is 7.38. The molecule has 0 aliphatic carbocycles. The Hall–Kier alpha value is -1.62. The fourth-order valence-electron chi connectivity index (χ4n) is 1.53. The fraction of sp³-hybridized carbons (Fsp3) is 0.100. The summed E-state index contributed by atoms with van der Waals surface area (Å²) in [5.41, 5.74) is 1.93. The normalized spacial score (nSPS) is 13.4. The Kier molecular flexibility index (Phi) is 1.85. The summed E-state index contributed by atoms with van der Waals surface area (Å²) in [6, 6.07) is 3.80. The smallest absolute Gasteiger partial charge is 0.171 e. The molecule has 0 radical (unpaired) electrons. The van der Waals surface area contributed by atoms with Crippen molar-refractivity contribution in [1.82, 2.24) is 8.96 Å². The van der Waals surface area contributed by atoms with E-state index in [1.54, 1.807) is 18.3 Å². The summed E-state index contributed by atoms with van der Waals surface area (Å²) in [6.07, 6.45) is 6.82. The Morgan fingerprint density at radius 2 is 1.93 bits per heavy atom. The lowest BCUT2D eigenvalue weighted by Gasteiger charge is -2.12. The Bertz CT molecular complexity index is 548. The molecule has 0 unspecified atom stereocenters. The third kappa shape index (κ3) is 1.27. The van der Waals surface area contributed by atoms with Crippen molar-refractivity contribution in [3.8, 4) is 11.5 Å². The van der Waals surface area contributed by atoms with E-state index in [-0.39, 0.29) is 0 Å². The van der Waals surface area contributed by atoms with E-state index in [2.05, 4.69) is 4.98 Å². The third-order valence-electron chi connectivity index (χ3n) is 2.22. The zero-order valence-electron chi connectivity index (χ0n) is 8.01. The van der Waals surface area contributed by atoms with Gasteiger partial charge in [-0.3, -0.25) is 3.97 Å². The molecule has 15 heavy (non-hydrogen) atoms. The molecule has 0 saturated carbocycles. The lowest BCUT2D eigenvalue weighted by molar-refractivity contribution is 0.362. The van der Waals surface area contributed by atoms with Crippen molar-refractivity contribution in [1.29, 1.82) is 0 Å². The van der Waals surface area contributed by atoms with Gasteiger partial charge >= 0.3 is 0 Å². The van der Waals surface area contributed by atoms with E-state index < -0.39 is 0 Å². The maximum Gasteiger partial charge on any atom is 0.171 e. The summed E-state index contributed by atoms with van der Waals surface area (Å²) >= 11 is 1.60. The summed E-state index contributed by atoms with van der Waals surface area (Å²) in [5.74, 6) is 1.43. The molecule has 0 spiro atoms. The molecule has 0 fully saturated rings. The molecule has 4 nitrogen and oxygen atoms in total. The number of imidazole rings is 1. The Labute approximate surface area is 90.6 Å². The largest absolute Gasteiger partial charge is 0.458 e. The van der Waals surface area contributed by atoms with Crippen LogP contribution in [0, 0.1) is 0 Å². The zero-order chi connectivity index (χ0) is 10.3. The van der Waals surface area contributed by atoms with Crippen LogP contribution in [0.15, 0.2) is 31.0 Å². The van der Waals surface area contributed by atoms with Crippen LogP contribution in [0.1, 0.15) is 0 Å². The number of fused-ring (bicyclic) bond motifs is 2. The Morgan fingerprint density at radius 3 is 2.67 bits per heavy atom. The van der Waals surface area contributed by atoms with E-state index in [1.165, 1.54) is 12.5 Å². The van der Waals surface area contributed by atoms with Crippen molar-refractivity contribution in [2.75, 3.05) is 6.26 Å². The summed E-state index contributed by atoms with van der Waals surface area (Å²) in [7, 11) is 0. The molecule has 76 valence electrons. The highest BCUT2D eigenvalue weighted by Crippen LogP contribution is 2.34. The monoisotopic (exact) mass is 220 g/mol. The van der Waals surface area contributed by atoms with Crippen LogP contribution in [0.25, 0.3) is 11.0 Å². The number of hydrogen-bond acceptors (Lipinski definition) is 4. The molecule has 0 saturated heterocycles. The first-order valence-corrected chi connectivity index (χ1v) is 5.60. The van der Waals surface area contributed by atoms with Gasteiger partial charge in [-0.25, -0.2) is 4.98 Å². The van der Waals surface area contributed by atoms with Gasteiger partial charge in [0.15, 0.2) is 11.5 Å². The highest BCUT2D eigenvalue weighted by molar-refractivity contribution is 7.97. The van der Waals surface area contributed by atoms with Crippen molar-refractivity contribution in [3.05, 3.63) is 31.0 Å². The van der Waals surface area contributed by atoms with Gasteiger partial charge in [-0.05, 0) is 11.9 Å². The number of benzene rings is 1. The molecular formula is C10H8N2O2S. The molecule has 0 atom stereocenters. The van der Waals surface area contributed by atoms with Crippen LogP contribution >= 0.6 is 11.9 Å². The van der Waals surface area contributed by atoms with Crippen LogP contribution in [0.5, 0.6) is 11.5 Å². The maximum absolute atomic E-state index is 5.34. The summed E-state index contributed by atoms with van der Waals surface area (Å²) in [5, 5.41) is 0. The molecule has 1 aliphatic heterocycles. The second kappa shape index (κ2) is 3.20. The van der Waals surface area contributed by atoms with Crippen molar-refractivity contribution >= 4 is 23.0 Å². The minimum Gasteiger partial charge on any atom is -0.458 e. The number of nitrogens with zero attached hydrogens (tertiary/aromatic N) is 2. The second-order valence-corrected chi connectivity index (χ2v) is 3.81. The van der Waals surface area contributed by atoms with Gasteiger partial charge in [-0.15, -0.1) is 0 Å². The molecule has 3 rings (SSSR count). The van der Waals surface area contributed by atoms with Crippen LogP contribution in [-0.4, -0.2) is 15.2 Å². The third-order valence-corrected chi connectivity index (χ3v) is 2.91. The van der Waals surface area contributed by atoms with Gasteiger partial charge in [0.25, 0.3) is 0 Å². The van der Waals surface area contributed by atoms with Gasteiger partial charge in [0, 0.05) is 18.4 Å². The number of aromatic nitrogens is 2. The summed E-state index contributed by atoms with van der Waals surface area (Å²) in [4.78, 5) is 4.28. The van der Waals surface area contributed by atoms with Crippen molar-refractivity contribution in [3.63, 3.8) is 0 Å². The van der Waals surface area contributed by atoms with E-state index >= 15 is 0 Å². The van der Waals surface area contributed by atoms with Gasteiger partial charge < -0.3 is 9.47 Å². The second-order valence-electron chi connectivity index (χ2n) is 3.05. The molecule has 1 aliphatic rings. The predicted octanol–water partition coefficient (Wildman–Crippen LogP) is 2.40. The highest BCUT2D eigenvalue weighted by Gasteiger charge is 2.12. The average molecular weight is 220 g/mol. The predicted molar refractivity (Wildman–Crippen MR) is 59.0 cm³/mol.